The first-order valence-electron chi connectivity index (χ1n) is 5.21. The van der Waals surface area contributed by atoms with Crippen LogP contribution < -0.4 is 0 Å². The maximum absolute atomic E-state index is 13.5. The van der Waals surface area contributed by atoms with E-state index in [2.05, 4.69) is 0 Å². The Kier molecular flexibility index (Phi) is 3.51. The molecule has 1 rings (SSSR count). The molecule has 1 aliphatic rings. The predicted molar refractivity (Wildman–Crippen MR) is 52.8 cm³/mol. The van der Waals surface area contributed by atoms with Gasteiger partial charge in [-0.05, 0) is 5.41 Å². The lowest BCUT2D eigenvalue weighted by Crippen LogP contribution is -2.48. The monoisotopic (exact) mass is 206 g/mol. The molecule has 0 spiro atoms. The van der Waals surface area contributed by atoms with Crippen LogP contribution in [0.3, 0.4) is 0 Å². The van der Waals surface area contributed by atoms with Crippen LogP contribution in [0.5, 0.6) is 0 Å². The van der Waals surface area contributed by atoms with Crippen molar-refractivity contribution < 1.29 is 13.5 Å². The minimum Gasteiger partial charge on any atom is -0.371 e. The normalized spacial score (nSPS) is 39.9. The molecule has 1 fully saturated rings. The van der Waals surface area contributed by atoms with Crippen molar-refractivity contribution in [3.8, 4) is 0 Å². The minimum absolute atomic E-state index is 0.127. The van der Waals surface area contributed by atoms with Crippen molar-refractivity contribution in [2.24, 2.45) is 11.3 Å². The van der Waals surface area contributed by atoms with Crippen LogP contribution in [0.2, 0.25) is 0 Å². The van der Waals surface area contributed by atoms with Gasteiger partial charge in [0, 0.05) is 12.3 Å². The Balaban J connectivity index is 2.73. The minimum atomic E-state index is -0.936. The van der Waals surface area contributed by atoms with Gasteiger partial charge in [-0.2, -0.15) is 0 Å². The van der Waals surface area contributed by atoms with Crippen molar-refractivity contribution in [3.05, 3.63) is 0 Å². The standard InChI is InChI=1S/C11H20F2O/c1-7-9(13)5-8(6-12)14-10(7)11(2,3)4/h7-10H,5-6H2,1-4H3/t7-,8+,9-,10-/m1/s1. The fraction of sp³-hybridized carbons (Fsp3) is 1.00. The van der Waals surface area contributed by atoms with E-state index in [1.54, 1.807) is 0 Å². The zero-order valence-corrected chi connectivity index (χ0v) is 9.39. The van der Waals surface area contributed by atoms with Crippen LogP contribution >= 0.6 is 0 Å². The van der Waals surface area contributed by atoms with Crippen molar-refractivity contribution in [3.63, 3.8) is 0 Å². The second-order valence-electron chi connectivity index (χ2n) is 5.31. The molecule has 0 aliphatic carbocycles. The summed E-state index contributed by atoms with van der Waals surface area (Å²) in [5.74, 6) is -0.141. The van der Waals surface area contributed by atoms with E-state index in [0.29, 0.717) is 0 Å². The van der Waals surface area contributed by atoms with Crippen molar-refractivity contribution in [1.82, 2.24) is 0 Å². The lowest BCUT2D eigenvalue weighted by Gasteiger charge is -2.43. The molecule has 0 saturated carbocycles. The lowest BCUT2D eigenvalue weighted by atomic mass is 9.77. The highest BCUT2D eigenvalue weighted by molar-refractivity contribution is 4.89. The van der Waals surface area contributed by atoms with Gasteiger partial charge >= 0.3 is 0 Å². The number of hydrogen-bond acceptors (Lipinski definition) is 1. The molecule has 0 bridgehead atoms. The Morgan fingerprint density at radius 2 is 1.93 bits per heavy atom. The molecule has 0 aromatic rings. The average Bonchev–Trinajstić information content (AvgIpc) is 2.07. The zero-order chi connectivity index (χ0) is 10.9. The quantitative estimate of drug-likeness (QED) is 0.640. The number of rotatable bonds is 1. The van der Waals surface area contributed by atoms with E-state index in [4.69, 9.17) is 4.74 Å². The summed E-state index contributed by atoms with van der Waals surface area (Å²) in [4.78, 5) is 0. The van der Waals surface area contributed by atoms with Gasteiger partial charge in [0.2, 0.25) is 0 Å². The second kappa shape index (κ2) is 4.13. The molecule has 3 heteroatoms. The molecular formula is C11H20F2O. The molecule has 0 N–H and O–H groups in total. The molecule has 4 atom stereocenters. The van der Waals surface area contributed by atoms with Gasteiger partial charge in [0.05, 0.1) is 12.2 Å². The predicted octanol–water partition coefficient (Wildman–Crippen LogP) is 3.13. The Bertz CT molecular complexity index is 188. The highest BCUT2D eigenvalue weighted by atomic mass is 19.1. The van der Waals surface area contributed by atoms with E-state index < -0.39 is 19.0 Å². The smallest absolute Gasteiger partial charge is 0.116 e. The van der Waals surface area contributed by atoms with Crippen molar-refractivity contribution in [2.45, 2.75) is 52.5 Å². The fourth-order valence-corrected chi connectivity index (χ4v) is 2.13. The van der Waals surface area contributed by atoms with E-state index in [1.165, 1.54) is 0 Å². The molecule has 1 heterocycles. The van der Waals surface area contributed by atoms with Crippen LogP contribution in [0.25, 0.3) is 0 Å². The summed E-state index contributed by atoms with van der Waals surface area (Å²) in [5, 5.41) is 0. The first kappa shape index (κ1) is 11.9. The van der Waals surface area contributed by atoms with Crippen LogP contribution in [-0.4, -0.2) is 25.1 Å². The van der Waals surface area contributed by atoms with E-state index in [1.807, 2.05) is 27.7 Å². The van der Waals surface area contributed by atoms with Gasteiger partial charge in [0.15, 0.2) is 0 Å². The molecule has 1 nitrogen and oxygen atoms in total. The fourth-order valence-electron chi connectivity index (χ4n) is 2.13. The molecule has 0 aromatic carbocycles. The Morgan fingerprint density at radius 3 is 2.36 bits per heavy atom. The SMILES string of the molecule is C[C@@H]1[C@H](F)C[C@@H](CF)O[C@H]1C(C)(C)C. The molecule has 1 aliphatic heterocycles. The second-order valence-corrected chi connectivity index (χ2v) is 5.31. The van der Waals surface area contributed by atoms with Gasteiger partial charge in [0.1, 0.15) is 12.8 Å². The highest BCUT2D eigenvalue weighted by Gasteiger charge is 2.41. The maximum Gasteiger partial charge on any atom is 0.116 e. The number of alkyl halides is 2. The van der Waals surface area contributed by atoms with Gasteiger partial charge in [-0.15, -0.1) is 0 Å². The summed E-state index contributed by atoms with van der Waals surface area (Å²) in [5.41, 5.74) is -0.127. The number of hydrogen-bond donors (Lipinski definition) is 0. The largest absolute Gasteiger partial charge is 0.371 e. The molecule has 0 radical (unpaired) electrons. The molecule has 14 heavy (non-hydrogen) atoms. The summed E-state index contributed by atoms with van der Waals surface area (Å²) in [6, 6.07) is 0. The third-order valence-electron chi connectivity index (χ3n) is 2.90. The van der Waals surface area contributed by atoms with Crippen molar-refractivity contribution in [1.29, 1.82) is 0 Å². The van der Waals surface area contributed by atoms with Crippen LogP contribution in [0.1, 0.15) is 34.1 Å². The summed E-state index contributed by atoms with van der Waals surface area (Å²) in [6.07, 6.45) is -1.48. The van der Waals surface area contributed by atoms with Crippen LogP contribution in [0.15, 0.2) is 0 Å². The first-order valence-corrected chi connectivity index (χ1v) is 5.21. The molecule has 0 unspecified atom stereocenters. The van der Waals surface area contributed by atoms with Gasteiger partial charge < -0.3 is 4.74 Å². The molecule has 84 valence electrons. The Labute approximate surface area is 84.8 Å². The van der Waals surface area contributed by atoms with E-state index in [-0.39, 0.29) is 23.9 Å². The number of ether oxygens (including phenoxy) is 1. The van der Waals surface area contributed by atoms with Crippen molar-refractivity contribution in [2.75, 3.05) is 6.67 Å². The first-order chi connectivity index (χ1) is 6.36. The van der Waals surface area contributed by atoms with Gasteiger partial charge in [-0.1, -0.05) is 27.7 Å². The topological polar surface area (TPSA) is 9.23 Å². The molecule has 1 saturated heterocycles. The number of halogens is 2. The van der Waals surface area contributed by atoms with E-state index >= 15 is 0 Å². The highest BCUT2D eigenvalue weighted by Crippen LogP contribution is 2.37. The summed E-state index contributed by atoms with van der Waals surface area (Å²) in [6.45, 7) is 7.26. The Morgan fingerprint density at radius 1 is 1.36 bits per heavy atom. The van der Waals surface area contributed by atoms with Gasteiger partial charge in [0.25, 0.3) is 0 Å². The molecular weight excluding hydrogens is 186 g/mol. The van der Waals surface area contributed by atoms with Crippen LogP contribution in [-0.2, 0) is 4.74 Å². The average molecular weight is 206 g/mol. The summed E-state index contributed by atoms with van der Waals surface area (Å²) in [7, 11) is 0. The molecule has 0 aromatic heterocycles. The lowest BCUT2D eigenvalue weighted by molar-refractivity contribution is -0.155. The third kappa shape index (κ3) is 2.44. The summed E-state index contributed by atoms with van der Waals surface area (Å²) < 4.78 is 31.6. The van der Waals surface area contributed by atoms with Crippen LogP contribution in [0.4, 0.5) is 8.78 Å². The van der Waals surface area contributed by atoms with Crippen molar-refractivity contribution >= 4 is 0 Å². The van der Waals surface area contributed by atoms with Crippen LogP contribution in [0, 0.1) is 11.3 Å². The van der Waals surface area contributed by atoms with Gasteiger partial charge in [-0.3, -0.25) is 0 Å². The third-order valence-corrected chi connectivity index (χ3v) is 2.90. The van der Waals surface area contributed by atoms with E-state index in [0.717, 1.165) is 0 Å². The van der Waals surface area contributed by atoms with Gasteiger partial charge in [-0.25, -0.2) is 8.78 Å². The Hall–Kier alpha value is -0.180. The van der Waals surface area contributed by atoms with E-state index in [9.17, 15) is 8.78 Å². The molecule has 0 amide bonds. The summed E-state index contributed by atoms with van der Waals surface area (Å²) >= 11 is 0. The maximum atomic E-state index is 13.5. The zero-order valence-electron chi connectivity index (χ0n) is 9.39.